The molecule has 0 aromatic carbocycles. The molecule has 100 valence electrons. The summed E-state index contributed by atoms with van der Waals surface area (Å²) in [7, 11) is 2.14. The summed E-state index contributed by atoms with van der Waals surface area (Å²) in [6, 6.07) is 2.04. The molecule has 0 saturated carbocycles. The highest BCUT2D eigenvalue weighted by Crippen LogP contribution is 2.31. The molecule has 0 bridgehead atoms. The normalized spacial score (nSPS) is 16.8. The van der Waals surface area contributed by atoms with Crippen molar-refractivity contribution < 1.29 is 0 Å². The average molecular weight is 275 g/mol. The van der Waals surface area contributed by atoms with Crippen LogP contribution in [-0.4, -0.2) is 48.1 Å². The van der Waals surface area contributed by atoms with Crippen LogP contribution in [0, 0.1) is 0 Å². The first kappa shape index (κ1) is 12.4. The zero-order valence-corrected chi connectivity index (χ0v) is 11.7. The quantitative estimate of drug-likeness (QED) is 0.901. The van der Waals surface area contributed by atoms with Crippen molar-refractivity contribution in [3.63, 3.8) is 0 Å². The second-order valence-electron chi connectivity index (χ2n) is 4.76. The van der Waals surface area contributed by atoms with E-state index in [0.29, 0.717) is 5.69 Å². The summed E-state index contributed by atoms with van der Waals surface area (Å²) in [5.41, 5.74) is 8.86. The molecule has 0 atom stereocenters. The zero-order chi connectivity index (χ0) is 13.2. The molecule has 0 spiro atoms. The van der Waals surface area contributed by atoms with Crippen molar-refractivity contribution in [2.45, 2.75) is 0 Å². The standard InChI is InChI=1S/C13H17N5S/c1-17-3-5-18(6-4-17)13-11(14)12(15-9-16-13)10-2-7-19-8-10/h2,7-9H,3-6,14H2,1H3. The number of nitrogen functional groups attached to an aromatic ring is 1. The van der Waals surface area contributed by atoms with Crippen LogP contribution in [0.3, 0.4) is 0 Å². The maximum absolute atomic E-state index is 6.26. The second kappa shape index (κ2) is 5.14. The summed E-state index contributed by atoms with van der Waals surface area (Å²) in [6.07, 6.45) is 1.61. The molecule has 1 saturated heterocycles. The monoisotopic (exact) mass is 275 g/mol. The van der Waals surface area contributed by atoms with Crippen molar-refractivity contribution in [2.24, 2.45) is 0 Å². The van der Waals surface area contributed by atoms with E-state index in [9.17, 15) is 0 Å². The minimum absolute atomic E-state index is 0.686. The Bertz CT molecular complexity index is 546. The van der Waals surface area contributed by atoms with E-state index in [1.807, 2.05) is 11.4 Å². The Morgan fingerprint density at radius 3 is 2.68 bits per heavy atom. The van der Waals surface area contributed by atoms with Gasteiger partial charge in [-0.2, -0.15) is 11.3 Å². The van der Waals surface area contributed by atoms with Crippen molar-refractivity contribution in [1.29, 1.82) is 0 Å². The van der Waals surface area contributed by atoms with Gasteiger partial charge in [0.2, 0.25) is 0 Å². The Morgan fingerprint density at radius 2 is 2.00 bits per heavy atom. The fourth-order valence-corrected chi connectivity index (χ4v) is 2.93. The Hall–Kier alpha value is -1.66. The maximum Gasteiger partial charge on any atom is 0.155 e. The van der Waals surface area contributed by atoms with E-state index in [2.05, 4.69) is 32.2 Å². The summed E-state index contributed by atoms with van der Waals surface area (Å²) in [5, 5.41) is 4.10. The molecule has 19 heavy (non-hydrogen) atoms. The molecule has 1 aliphatic heterocycles. The molecule has 0 unspecified atom stereocenters. The third-order valence-electron chi connectivity index (χ3n) is 3.46. The molecular formula is C13H17N5S. The number of aromatic nitrogens is 2. The van der Waals surface area contributed by atoms with Gasteiger partial charge in [-0.15, -0.1) is 0 Å². The Kier molecular flexibility index (Phi) is 3.35. The highest BCUT2D eigenvalue weighted by molar-refractivity contribution is 7.08. The van der Waals surface area contributed by atoms with E-state index in [-0.39, 0.29) is 0 Å². The minimum atomic E-state index is 0.686. The molecule has 0 amide bonds. The Labute approximate surface area is 116 Å². The largest absolute Gasteiger partial charge is 0.394 e. The maximum atomic E-state index is 6.26. The molecule has 2 N–H and O–H groups in total. The molecule has 1 fully saturated rings. The third kappa shape index (κ3) is 2.41. The van der Waals surface area contributed by atoms with Gasteiger partial charge in [0.15, 0.2) is 5.82 Å². The lowest BCUT2D eigenvalue weighted by atomic mass is 10.2. The van der Waals surface area contributed by atoms with Crippen LogP contribution in [0.4, 0.5) is 11.5 Å². The van der Waals surface area contributed by atoms with E-state index >= 15 is 0 Å². The summed E-state index contributed by atoms with van der Waals surface area (Å²) in [4.78, 5) is 13.3. The topological polar surface area (TPSA) is 58.3 Å². The molecular weight excluding hydrogens is 258 g/mol. The first-order valence-corrected chi connectivity index (χ1v) is 7.26. The number of nitrogens with two attached hydrogens (primary N) is 1. The van der Waals surface area contributed by atoms with Crippen LogP contribution >= 0.6 is 11.3 Å². The summed E-state index contributed by atoms with van der Waals surface area (Å²) >= 11 is 1.65. The third-order valence-corrected chi connectivity index (χ3v) is 4.14. The SMILES string of the molecule is CN1CCN(c2ncnc(-c3ccsc3)c2N)CC1. The van der Waals surface area contributed by atoms with Crippen molar-refractivity contribution in [3.05, 3.63) is 23.2 Å². The molecule has 6 heteroatoms. The lowest BCUT2D eigenvalue weighted by Gasteiger charge is -2.33. The number of hydrogen-bond donors (Lipinski definition) is 1. The Balaban J connectivity index is 1.92. The number of thiophene rings is 1. The molecule has 1 aliphatic rings. The van der Waals surface area contributed by atoms with Gasteiger partial charge in [0.25, 0.3) is 0 Å². The predicted octanol–water partition coefficient (Wildman–Crippen LogP) is 1.54. The molecule has 0 radical (unpaired) electrons. The van der Waals surface area contributed by atoms with Gasteiger partial charge in [0.1, 0.15) is 12.0 Å². The fraction of sp³-hybridized carbons (Fsp3) is 0.385. The van der Waals surface area contributed by atoms with Crippen LogP contribution in [0.5, 0.6) is 0 Å². The second-order valence-corrected chi connectivity index (χ2v) is 5.54. The first-order valence-electron chi connectivity index (χ1n) is 6.32. The number of anilines is 2. The minimum Gasteiger partial charge on any atom is -0.394 e. The van der Waals surface area contributed by atoms with Gasteiger partial charge < -0.3 is 15.5 Å². The summed E-state index contributed by atoms with van der Waals surface area (Å²) < 4.78 is 0. The highest BCUT2D eigenvalue weighted by Gasteiger charge is 2.19. The first-order chi connectivity index (χ1) is 9.25. The lowest BCUT2D eigenvalue weighted by Crippen LogP contribution is -2.45. The van der Waals surface area contributed by atoms with Crippen LogP contribution in [0.1, 0.15) is 0 Å². The van der Waals surface area contributed by atoms with E-state index in [4.69, 9.17) is 5.73 Å². The fourth-order valence-electron chi connectivity index (χ4n) is 2.29. The molecule has 0 aliphatic carbocycles. The molecule has 5 nitrogen and oxygen atoms in total. The van der Waals surface area contributed by atoms with Crippen LogP contribution in [-0.2, 0) is 0 Å². The van der Waals surface area contributed by atoms with E-state index in [1.54, 1.807) is 17.7 Å². The predicted molar refractivity (Wildman–Crippen MR) is 79.5 cm³/mol. The van der Waals surface area contributed by atoms with Crippen molar-refractivity contribution in [3.8, 4) is 11.3 Å². The number of nitrogens with zero attached hydrogens (tertiary/aromatic N) is 4. The number of hydrogen-bond acceptors (Lipinski definition) is 6. The molecule has 2 aromatic rings. The lowest BCUT2D eigenvalue weighted by molar-refractivity contribution is 0.312. The van der Waals surface area contributed by atoms with Crippen LogP contribution in [0.2, 0.25) is 0 Å². The van der Waals surface area contributed by atoms with Crippen LogP contribution < -0.4 is 10.6 Å². The highest BCUT2D eigenvalue weighted by atomic mass is 32.1. The molecule has 3 rings (SSSR count). The van der Waals surface area contributed by atoms with E-state index in [0.717, 1.165) is 43.3 Å². The molecule has 2 aromatic heterocycles. The Morgan fingerprint density at radius 1 is 1.21 bits per heavy atom. The molecule has 3 heterocycles. The van der Waals surface area contributed by atoms with Gasteiger partial charge in [0.05, 0.1) is 5.69 Å². The average Bonchev–Trinajstić information content (AvgIpc) is 2.94. The summed E-state index contributed by atoms with van der Waals surface area (Å²) in [6.45, 7) is 4.00. The number of rotatable bonds is 2. The zero-order valence-electron chi connectivity index (χ0n) is 10.9. The number of piperazine rings is 1. The van der Waals surface area contributed by atoms with Crippen molar-refractivity contribution in [1.82, 2.24) is 14.9 Å². The van der Waals surface area contributed by atoms with Gasteiger partial charge in [0, 0.05) is 37.1 Å². The van der Waals surface area contributed by atoms with Gasteiger partial charge >= 0.3 is 0 Å². The smallest absolute Gasteiger partial charge is 0.155 e. The van der Waals surface area contributed by atoms with Crippen LogP contribution in [0.15, 0.2) is 23.2 Å². The van der Waals surface area contributed by atoms with E-state index in [1.165, 1.54) is 0 Å². The van der Waals surface area contributed by atoms with Gasteiger partial charge in [-0.3, -0.25) is 0 Å². The van der Waals surface area contributed by atoms with Crippen molar-refractivity contribution >= 4 is 22.8 Å². The van der Waals surface area contributed by atoms with Gasteiger partial charge in [-0.25, -0.2) is 9.97 Å². The van der Waals surface area contributed by atoms with Gasteiger partial charge in [-0.1, -0.05) is 0 Å². The van der Waals surface area contributed by atoms with Crippen LogP contribution in [0.25, 0.3) is 11.3 Å². The van der Waals surface area contributed by atoms with Gasteiger partial charge in [-0.05, 0) is 18.5 Å². The van der Waals surface area contributed by atoms with E-state index < -0.39 is 0 Å². The summed E-state index contributed by atoms with van der Waals surface area (Å²) in [5.74, 6) is 0.865. The number of likely N-dealkylation sites (N-methyl/N-ethyl adjacent to an activating group) is 1. The van der Waals surface area contributed by atoms with Crippen molar-refractivity contribution in [2.75, 3.05) is 43.9 Å².